The summed E-state index contributed by atoms with van der Waals surface area (Å²) in [6, 6.07) is 21.2. The predicted molar refractivity (Wildman–Crippen MR) is 84.5 cm³/mol. The summed E-state index contributed by atoms with van der Waals surface area (Å²) < 4.78 is 4.25. The zero-order valence-corrected chi connectivity index (χ0v) is 12.8. The van der Waals surface area contributed by atoms with Crippen molar-refractivity contribution in [2.75, 3.05) is 14.2 Å². The number of hydrogen-bond acceptors (Lipinski definition) is 1. The highest BCUT2D eigenvalue weighted by atomic mass is 31.1. The molecule has 0 aromatic heterocycles. The van der Waals surface area contributed by atoms with E-state index in [-0.39, 0.29) is 9.90 Å². The second-order valence-corrected chi connectivity index (χ2v) is 4.67. The molecular formula is C14H20OP2. The van der Waals surface area contributed by atoms with Crippen LogP contribution >= 0.6 is 18.5 Å². The fourth-order valence-electron chi connectivity index (χ4n) is 1.21. The second-order valence-electron chi connectivity index (χ2n) is 3.27. The summed E-state index contributed by atoms with van der Waals surface area (Å²) >= 11 is 0. The molecule has 0 aliphatic carbocycles. The molecule has 0 bridgehead atoms. The Morgan fingerprint density at radius 2 is 1.00 bits per heavy atom. The van der Waals surface area contributed by atoms with Crippen molar-refractivity contribution in [2.24, 2.45) is 0 Å². The van der Waals surface area contributed by atoms with Gasteiger partial charge in [-0.1, -0.05) is 69.2 Å². The molecule has 92 valence electrons. The molecule has 2 aromatic carbocycles. The van der Waals surface area contributed by atoms with Crippen LogP contribution in [0.4, 0.5) is 0 Å². The highest BCUT2D eigenvalue weighted by Crippen LogP contribution is 2.08. The Kier molecular flexibility index (Phi) is 9.96. The van der Waals surface area contributed by atoms with Crippen molar-refractivity contribution in [1.82, 2.24) is 0 Å². The van der Waals surface area contributed by atoms with E-state index in [1.165, 1.54) is 10.6 Å². The molecular weight excluding hydrogens is 246 g/mol. The Morgan fingerprint density at radius 1 is 0.706 bits per heavy atom. The van der Waals surface area contributed by atoms with E-state index in [4.69, 9.17) is 0 Å². The summed E-state index contributed by atoms with van der Waals surface area (Å²) in [6.07, 6.45) is 0. The van der Waals surface area contributed by atoms with E-state index >= 15 is 0 Å². The minimum Gasteiger partial charge on any atom is -0.388 e. The van der Waals surface area contributed by atoms with Crippen molar-refractivity contribution in [1.29, 1.82) is 0 Å². The molecule has 0 amide bonds. The van der Waals surface area contributed by atoms with Gasteiger partial charge in [-0.3, -0.25) is 0 Å². The van der Waals surface area contributed by atoms with E-state index in [1.807, 2.05) is 0 Å². The van der Waals surface area contributed by atoms with Gasteiger partial charge in [-0.2, -0.15) is 9.90 Å². The van der Waals surface area contributed by atoms with Crippen LogP contribution in [0, 0.1) is 0 Å². The highest BCUT2D eigenvalue weighted by Gasteiger charge is 1.92. The van der Waals surface area contributed by atoms with E-state index in [0.717, 1.165) is 8.58 Å². The lowest BCUT2D eigenvalue weighted by Gasteiger charge is -2.00. The van der Waals surface area contributed by atoms with E-state index in [9.17, 15) is 0 Å². The van der Waals surface area contributed by atoms with Gasteiger partial charge in [0, 0.05) is 14.2 Å². The first-order valence-corrected chi connectivity index (χ1v) is 6.14. The maximum Gasteiger partial charge on any atom is 0.0351 e. The molecule has 0 saturated carbocycles. The third kappa shape index (κ3) is 7.23. The second kappa shape index (κ2) is 10.4. The van der Waals surface area contributed by atoms with Crippen LogP contribution in [-0.2, 0) is 4.74 Å². The average Bonchev–Trinajstić information content (AvgIpc) is 2.33. The van der Waals surface area contributed by atoms with Gasteiger partial charge in [-0.15, -0.1) is 0 Å². The van der Waals surface area contributed by atoms with Gasteiger partial charge in [0.25, 0.3) is 0 Å². The van der Waals surface area contributed by atoms with Gasteiger partial charge in [0.05, 0.1) is 0 Å². The van der Waals surface area contributed by atoms with Gasteiger partial charge in [0.2, 0.25) is 0 Å². The number of hydrogen-bond donors (Lipinski definition) is 0. The normalized spacial score (nSPS) is 8.59. The van der Waals surface area contributed by atoms with Crippen molar-refractivity contribution in [3.05, 3.63) is 60.7 Å². The first kappa shape index (κ1) is 16.3. The Balaban J connectivity index is 0.000000583. The molecule has 2 aromatic rings. The number of ether oxygens (including phenoxy) is 1. The lowest BCUT2D eigenvalue weighted by molar-refractivity contribution is 0.277. The molecule has 0 spiro atoms. The van der Waals surface area contributed by atoms with E-state index in [0.29, 0.717) is 0 Å². The standard InChI is InChI=1S/C12H11P.C2H6O.H3P/c1-3-7-11(8-4-1)13-12-9-5-2-6-10-12;1-3-2;/h1-10,13H;1-2H3;1H3. The van der Waals surface area contributed by atoms with Crippen molar-refractivity contribution in [3.63, 3.8) is 0 Å². The molecule has 0 aliphatic rings. The van der Waals surface area contributed by atoms with Crippen LogP contribution in [0.5, 0.6) is 0 Å². The molecule has 1 nitrogen and oxygen atoms in total. The topological polar surface area (TPSA) is 9.23 Å². The fourth-order valence-corrected chi connectivity index (χ4v) is 2.26. The van der Waals surface area contributed by atoms with Crippen LogP contribution in [0.25, 0.3) is 0 Å². The van der Waals surface area contributed by atoms with Crippen LogP contribution < -0.4 is 10.6 Å². The number of methoxy groups -OCH3 is 1. The Morgan fingerprint density at radius 3 is 1.29 bits per heavy atom. The Labute approximate surface area is 109 Å². The lowest BCUT2D eigenvalue weighted by Crippen LogP contribution is -2.01. The summed E-state index contributed by atoms with van der Waals surface area (Å²) in [5, 5.41) is 2.79. The highest BCUT2D eigenvalue weighted by molar-refractivity contribution is 7.55. The summed E-state index contributed by atoms with van der Waals surface area (Å²) in [5.41, 5.74) is 0. The van der Waals surface area contributed by atoms with E-state index in [1.54, 1.807) is 14.2 Å². The van der Waals surface area contributed by atoms with E-state index in [2.05, 4.69) is 65.4 Å². The monoisotopic (exact) mass is 266 g/mol. The average molecular weight is 266 g/mol. The molecule has 0 N–H and O–H groups in total. The van der Waals surface area contributed by atoms with Crippen molar-refractivity contribution in [2.45, 2.75) is 0 Å². The molecule has 3 heteroatoms. The first-order chi connectivity index (χ1) is 7.86. The molecule has 0 saturated heterocycles. The molecule has 0 radical (unpaired) electrons. The van der Waals surface area contributed by atoms with Gasteiger partial charge >= 0.3 is 0 Å². The summed E-state index contributed by atoms with van der Waals surface area (Å²) in [6.45, 7) is 0. The number of benzene rings is 2. The molecule has 0 fully saturated rings. The molecule has 0 aliphatic heterocycles. The van der Waals surface area contributed by atoms with Gasteiger partial charge in [0.1, 0.15) is 0 Å². The number of rotatable bonds is 2. The molecule has 1 atom stereocenters. The van der Waals surface area contributed by atoms with Crippen LogP contribution in [0.15, 0.2) is 60.7 Å². The third-order valence-electron chi connectivity index (χ3n) is 1.84. The Hall–Kier alpha value is -0.740. The minimum atomic E-state index is 0. The van der Waals surface area contributed by atoms with Gasteiger partial charge in [-0.25, -0.2) is 0 Å². The summed E-state index contributed by atoms with van der Waals surface area (Å²) in [4.78, 5) is 0. The Bertz CT molecular complexity index is 338. The summed E-state index contributed by atoms with van der Waals surface area (Å²) in [5.74, 6) is 0. The smallest absolute Gasteiger partial charge is 0.0351 e. The molecule has 1 unspecified atom stereocenters. The van der Waals surface area contributed by atoms with Gasteiger partial charge in [-0.05, 0) is 10.6 Å². The van der Waals surface area contributed by atoms with Gasteiger partial charge < -0.3 is 4.74 Å². The fraction of sp³-hybridized carbons (Fsp3) is 0.143. The minimum absolute atomic E-state index is 0. The van der Waals surface area contributed by atoms with E-state index < -0.39 is 0 Å². The third-order valence-corrected chi connectivity index (χ3v) is 3.08. The molecule has 0 heterocycles. The first-order valence-electron chi connectivity index (χ1n) is 5.14. The molecule has 17 heavy (non-hydrogen) atoms. The quantitative estimate of drug-likeness (QED) is 0.759. The SMILES string of the molecule is COC.P.c1ccc(Pc2ccccc2)cc1. The largest absolute Gasteiger partial charge is 0.388 e. The lowest BCUT2D eigenvalue weighted by atomic mass is 10.4. The van der Waals surface area contributed by atoms with Crippen LogP contribution in [0.1, 0.15) is 0 Å². The molecule has 2 rings (SSSR count). The van der Waals surface area contributed by atoms with Crippen LogP contribution in [-0.4, -0.2) is 14.2 Å². The van der Waals surface area contributed by atoms with Gasteiger partial charge in [0.15, 0.2) is 0 Å². The van der Waals surface area contributed by atoms with Crippen molar-refractivity contribution in [3.8, 4) is 0 Å². The zero-order valence-electron chi connectivity index (χ0n) is 10.4. The maximum absolute atomic E-state index is 4.25. The summed E-state index contributed by atoms with van der Waals surface area (Å²) in [7, 11) is 4.03. The maximum atomic E-state index is 4.25. The van der Waals surface area contributed by atoms with Crippen LogP contribution in [0.3, 0.4) is 0 Å². The zero-order chi connectivity index (χ0) is 11.6. The van der Waals surface area contributed by atoms with Crippen molar-refractivity contribution >= 4 is 29.1 Å². The van der Waals surface area contributed by atoms with Crippen molar-refractivity contribution < 1.29 is 4.74 Å². The van der Waals surface area contributed by atoms with Crippen LogP contribution in [0.2, 0.25) is 0 Å². The predicted octanol–water partition coefficient (Wildman–Crippen LogP) is 2.64.